The summed E-state index contributed by atoms with van der Waals surface area (Å²) in [5, 5.41) is 12.4. The Labute approximate surface area is 171 Å². The summed E-state index contributed by atoms with van der Waals surface area (Å²) in [6.45, 7) is 7.16. The number of aromatic nitrogens is 1. The molecule has 1 saturated heterocycles. The first-order valence-corrected chi connectivity index (χ1v) is 10.0. The van der Waals surface area contributed by atoms with Crippen LogP contribution in [0.25, 0.3) is 0 Å². The van der Waals surface area contributed by atoms with E-state index in [-0.39, 0.29) is 12.0 Å². The van der Waals surface area contributed by atoms with Crippen molar-refractivity contribution in [2.45, 2.75) is 26.0 Å². The maximum absolute atomic E-state index is 12.3. The van der Waals surface area contributed by atoms with Crippen molar-refractivity contribution in [2.75, 3.05) is 46.4 Å². The molecule has 0 radical (unpaired) electrons. The number of amides is 1. The van der Waals surface area contributed by atoms with Gasteiger partial charge in [-0.1, -0.05) is 18.2 Å². The maximum atomic E-state index is 12.3. The Bertz CT molecular complexity index is 784. The number of aliphatic hydroxyl groups is 1. The number of carbonyl (C=O) groups is 1. The number of benzene rings is 1. The number of aliphatic hydroxyl groups excluding tert-OH is 1. The van der Waals surface area contributed by atoms with Crippen LogP contribution in [0.2, 0.25) is 0 Å². The minimum absolute atomic E-state index is 0.239. The molecule has 1 amide bonds. The Balaban J connectivity index is 1.43. The van der Waals surface area contributed by atoms with Gasteiger partial charge < -0.3 is 19.6 Å². The molecule has 1 unspecified atom stereocenters. The largest absolute Gasteiger partial charge is 0.496 e. The molecule has 0 spiro atoms. The highest BCUT2D eigenvalue weighted by atomic mass is 16.5. The Kier molecular flexibility index (Phi) is 7.62. The molecule has 2 N–H and O–H groups in total. The number of oxazole rings is 1. The van der Waals surface area contributed by atoms with E-state index < -0.39 is 0 Å². The molecular weight excluding hydrogens is 372 g/mol. The zero-order chi connectivity index (χ0) is 20.6. The third-order valence-corrected chi connectivity index (χ3v) is 5.00. The summed E-state index contributed by atoms with van der Waals surface area (Å²) in [4.78, 5) is 21.2. The number of piperazine rings is 1. The average molecular weight is 402 g/mol. The van der Waals surface area contributed by atoms with Gasteiger partial charge in [0.05, 0.1) is 19.8 Å². The molecule has 0 saturated carbocycles. The lowest BCUT2D eigenvalue weighted by atomic mass is 10.1. The van der Waals surface area contributed by atoms with Crippen molar-refractivity contribution in [3.05, 3.63) is 47.7 Å². The smallest absolute Gasteiger partial charge is 0.273 e. The van der Waals surface area contributed by atoms with Crippen molar-refractivity contribution in [1.29, 1.82) is 0 Å². The quantitative estimate of drug-likeness (QED) is 0.650. The number of para-hydroxylation sites is 1. The summed E-state index contributed by atoms with van der Waals surface area (Å²) in [6.07, 6.45) is 1.78. The molecule has 29 heavy (non-hydrogen) atoms. The molecule has 0 bridgehead atoms. The molecule has 1 atom stereocenters. The molecule has 1 fully saturated rings. The van der Waals surface area contributed by atoms with Crippen LogP contribution in [-0.4, -0.2) is 78.3 Å². The van der Waals surface area contributed by atoms with Crippen molar-refractivity contribution >= 4 is 5.91 Å². The second-order valence-electron chi connectivity index (χ2n) is 7.37. The maximum Gasteiger partial charge on any atom is 0.273 e. The topological polar surface area (TPSA) is 91.1 Å². The third-order valence-electron chi connectivity index (χ3n) is 5.00. The number of carbonyl (C=O) groups excluding carboxylic acids is 1. The van der Waals surface area contributed by atoms with Crippen LogP contribution in [0, 0.1) is 0 Å². The van der Waals surface area contributed by atoms with Crippen LogP contribution in [0.4, 0.5) is 0 Å². The van der Waals surface area contributed by atoms with E-state index in [0.717, 1.165) is 37.5 Å². The Hall–Kier alpha value is -2.42. The van der Waals surface area contributed by atoms with Gasteiger partial charge >= 0.3 is 0 Å². The van der Waals surface area contributed by atoms with Crippen LogP contribution in [0.5, 0.6) is 5.75 Å². The normalized spacial score (nSPS) is 16.5. The predicted octanol–water partition coefficient (Wildman–Crippen LogP) is 1.15. The molecule has 3 rings (SSSR count). The SMILES string of the molecule is COc1ccccc1CCNC(=O)c1coc(CN2CCN(CC(C)O)CC2)n1. The number of hydrogen-bond acceptors (Lipinski definition) is 7. The molecule has 1 aromatic carbocycles. The lowest BCUT2D eigenvalue weighted by Gasteiger charge is -2.34. The second-order valence-corrected chi connectivity index (χ2v) is 7.37. The number of rotatable bonds is 9. The van der Waals surface area contributed by atoms with Crippen LogP contribution in [-0.2, 0) is 13.0 Å². The summed E-state index contributed by atoms with van der Waals surface area (Å²) in [7, 11) is 1.64. The van der Waals surface area contributed by atoms with Crippen LogP contribution in [0.1, 0.15) is 28.9 Å². The summed E-state index contributed by atoms with van der Waals surface area (Å²) in [5.74, 6) is 1.12. The molecule has 8 nitrogen and oxygen atoms in total. The lowest BCUT2D eigenvalue weighted by Crippen LogP contribution is -2.47. The summed E-state index contributed by atoms with van der Waals surface area (Å²) >= 11 is 0. The lowest BCUT2D eigenvalue weighted by molar-refractivity contribution is 0.0747. The van der Waals surface area contributed by atoms with E-state index in [1.165, 1.54) is 6.26 Å². The fourth-order valence-electron chi connectivity index (χ4n) is 3.49. The van der Waals surface area contributed by atoms with E-state index in [9.17, 15) is 9.90 Å². The summed E-state index contributed by atoms with van der Waals surface area (Å²) < 4.78 is 10.8. The number of hydrogen-bond donors (Lipinski definition) is 2. The fourth-order valence-corrected chi connectivity index (χ4v) is 3.49. The number of β-amino-alcohol motifs (C(OH)–C–C–N with tert-alkyl or cyclic N) is 1. The van der Waals surface area contributed by atoms with Gasteiger partial charge in [0.2, 0.25) is 5.89 Å². The third kappa shape index (κ3) is 6.28. The molecule has 1 aliphatic heterocycles. The minimum Gasteiger partial charge on any atom is -0.496 e. The van der Waals surface area contributed by atoms with Crippen LogP contribution in [0.15, 0.2) is 34.9 Å². The highest BCUT2D eigenvalue weighted by Gasteiger charge is 2.20. The van der Waals surface area contributed by atoms with E-state index in [4.69, 9.17) is 9.15 Å². The van der Waals surface area contributed by atoms with E-state index in [1.807, 2.05) is 31.2 Å². The average Bonchev–Trinajstić information content (AvgIpc) is 3.18. The van der Waals surface area contributed by atoms with Crippen LogP contribution < -0.4 is 10.1 Å². The standard InChI is InChI=1S/C21H30N4O4/c1-16(26)13-24-9-11-25(12-10-24)14-20-23-18(15-29-20)21(27)22-8-7-17-5-3-4-6-19(17)28-2/h3-6,15-16,26H,7-14H2,1-2H3,(H,22,27). The van der Waals surface area contributed by atoms with Crippen LogP contribution >= 0.6 is 0 Å². The molecule has 0 aliphatic carbocycles. The van der Waals surface area contributed by atoms with Gasteiger partial charge in [-0.15, -0.1) is 0 Å². The molecule has 2 aromatic rings. The van der Waals surface area contributed by atoms with Crippen molar-refractivity contribution in [1.82, 2.24) is 20.1 Å². The van der Waals surface area contributed by atoms with Crippen molar-refractivity contribution in [3.63, 3.8) is 0 Å². The van der Waals surface area contributed by atoms with Gasteiger partial charge in [-0.2, -0.15) is 0 Å². The van der Waals surface area contributed by atoms with Crippen LogP contribution in [0.3, 0.4) is 0 Å². The predicted molar refractivity (Wildman–Crippen MR) is 109 cm³/mol. The van der Waals surface area contributed by atoms with Crippen molar-refractivity contribution in [2.24, 2.45) is 0 Å². The molecule has 1 aliphatic rings. The molecule has 1 aromatic heterocycles. The first-order valence-electron chi connectivity index (χ1n) is 10.0. The second kappa shape index (κ2) is 10.4. The Morgan fingerprint density at radius 1 is 1.28 bits per heavy atom. The van der Waals surface area contributed by atoms with Gasteiger partial charge in [-0.3, -0.25) is 14.6 Å². The zero-order valence-corrected chi connectivity index (χ0v) is 17.1. The Morgan fingerprint density at radius 2 is 2.00 bits per heavy atom. The van der Waals surface area contributed by atoms with Crippen molar-refractivity contribution < 1.29 is 19.1 Å². The molecule has 158 valence electrons. The highest BCUT2D eigenvalue weighted by molar-refractivity contribution is 5.91. The fraction of sp³-hybridized carbons (Fsp3) is 0.524. The molecule has 8 heteroatoms. The highest BCUT2D eigenvalue weighted by Crippen LogP contribution is 2.17. The number of methoxy groups -OCH3 is 1. The number of nitrogens with one attached hydrogen (secondary N) is 1. The number of ether oxygens (including phenoxy) is 1. The summed E-state index contributed by atoms with van der Waals surface area (Å²) in [5.41, 5.74) is 1.35. The first kappa shape index (κ1) is 21.3. The van der Waals surface area contributed by atoms with Gasteiger partial charge in [-0.25, -0.2) is 4.98 Å². The van der Waals surface area contributed by atoms with Gasteiger partial charge in [-0.05, 0) is 25.0 Å². The first-order chi connectivity index (χ1) is 14.0. The van der Waals surface area contributed by atoms with Gasteiger partial charge in [0.15, 0.2) is 5.69 Å². The van der Waals surface area contributed by atoms with E-state index in [1.54, 1.807) is 7.11 Å². The van der Waals surface area contributed by atoms with E-state index in [2.05, 4.69) is 20.1 Å². The van der Waals surface area contributed by atoms with Crippen molar-refractivity contribution in [3.8, 4) is 5.75 Å². The zero-order valence-electron chi connectivity index (χ0n) is 17.1. The number of nitrogens with zero attached hydrogens (tertiary/aromatic N) is 3. The van der Waals surface area contributed by atoms with Gasteiger partial charge in [0, 0.05) is 39.3 Å². The summed E-state index contributed by atoms with van der Waals surface area (Å²) in [6, 6.07) is 7.77. The molecular formula is C21H30N4O4. The minimum atomic E-state index is -0.308. The van der Waals surface area contributed by atoms with Gasteiger partial charge in [0.25, 0.3) is 5.91 Å². The van der Waals surface area contributed by atoms with Gasteiger partial charge in [0.1, 0.15) is 12.0 Å². The van der Waals surface area contributed by atoms with E-state index in [0.29, 0.717) is 37.6 Å². The van der Waals surface area contributed by atoms with E-state index >= 15 is 0 Å². The monoisotopic (exact) mass is 402 g/mol. The molecule has 2 heterocycles. The Morgan fingerprint density at radius 3 is 2.72 bits per heavy atom.